The van der Waals surface area contributed by atoms with E-state index in [4.69, 9.17) is 9.47 Å². The van der Waals surface area contributed by atoms with E-state index in [2.05, 4.69) is 13.8 Å². The van der Waals surface area contributed by atoms with Crippen LogP contribution in [0.1, 0.15) is 110 Å². The van der Waals surface area contributed by atoms with Gasteiger partial charge in [0.15, 0.2) is 18.8 Å². The molecule has 0 aromatic carbocycles. The zero-order valence-electron chi connectivity index (χ0n) is 16.9. The van der Waals surface area contributed by atoms with Gasteiger partial charge in [-0.25, -0.2) is 0 Å². The van der Waals surface area contributed by atoms with Crippen LogP contribution in [0.25, 0.3) is 0 Å². The lowest BCUT2D eigenvalue weighted by molar-refractivity contribution is -0.111. The van der Waals surface area contributed by atoms with E-state index in [1.165, 1.54) is 77.0 Å². The number of rotatable bonds is 20. The molecule has 0 unspecified atom stereocenters. The molecular weight excluding hydrogens is 312 g/mol. The van der Waals surface area contributed by atoms with Crippen LogP contribution in [-0.2, 0) is 14.3 Å². The van der Waals surface area contributed by atoms with Crippen molar-refractivity contribution in [1.82, 2.24) is 0 Å². The molecule has 0 saturated heterocycles. The van der Waals surface area contributed by atoms with Crippen LogP contribution in [0, 0.1) is 0 Å². The number of unbranched alkanes of at least 4 members (excludes halogenated alkanes) is 13. The van der Waals surface area contributed by atoms with Gasteiger partial charge in [-0.05, 0) is 25.3 Å². The molecule has 0 aliphatic heterocycles. The third-order valence-electron chi connectivity index (χ3n) is 4.47. The Hall–Kier alpha value is -0.830. The molecule has 148 valence electrons. The van der Waals surface area contributed by atoms with Crippen molar-refractivity contribution in [3.8, 4) is 0 Å². The minimum atomic E-state index is 0.192. The van der Waals surface area contributed by atoms with E-state index >= 15 is 0 Å². The molecular formula is C22H42O3. The first-order chi connectivity index (χ1) is 12.3. The molecule has 0 amide bonds. The predicted molar refractivity (Wildman–Crippen MR) is 107 cm³/mol. The Bertz CT molecular complexity index is 300. The number of carbonyl (C=O) groups excluding carboxylic acids is 1. The van der Waals surface area contributed by atoms with E-state index in [9.17, 15) is 4.79 Å². The van der Waals surface area contributed by atoms with Crippen molar-refractivity contribution in [2.75, 3.05) is 13.4 Å². The Morgan fingerprint density at radius 3 is 1.80 bits per heavy atom. The fourth-order valence-corrected chi connectivity index (χ4v) is 2.82. The third kappa shape index (κ3) is 19.3. The van der Waals surface area contributed by atoms with Crippen molar-refractivity contribution in [3.63, 3.8) is 0 Å². The molecule has 0 N–H and O–H groups in total. The van der Waals surface area contributed by atoms with Crippen LogP contribution in [-0.4, -0.2) is 19.7 Å². The highest BCUT2D eigenvalue weighted by Gasteiger charge is 1.97. The Labute approximate surface area is 156 Å². The van der Waals surface area contributed by atoms with Crippen LogP contribution in [0.5, 0.6) is 0 Å². The monoisotopic (exact) mass is 354 g/mol. The van der Waals surface area contributed by atoms with Gasteiger partial charge in [-0.1, -0.05) is 90.9 Å². The van der Waals surface area contributed by atoms with Gasteiger partial charge in [0.05, 0.1) is 6.61 Å². The summed E-state index contributed by atoms with van der Waals surface area (Å²) in [5.74, 6) is 0.421. The van der Waals surface area contributed by atoms with Crippen LogP contribution >= 0.6 is 0 Å². The van der Waals surface area contributed by atoms with Gasteiger partial charge in [-0.15, -0.1) is 0 Å². The minimum Gasteiger partial charge on any atom is -0.464 e. The maximum absolute atomic E-state index is 11.0. The molecule has 0 aliphatic rings. The van der Waals surface area contributed by atoms with Crippen molar-refractivity contribution in [2.45, 2.75) is 110 Å². The largest absolute Gasteiger partial charge is 0.464 e. The lowest BCUT2D eigenvalue weighted by Gasteiger charge is -2.07. The second-order valence-electron chi connectivity index (χ2n) is 6.93. The molecule has 0 saturated carbocycles. The minimum absolute atomic E-state index is 0.192. The summed E-state index contributed by atoms with van der Waals surface area (Å²) in [5.41, 5.74) is 0. The Balaban J connectivity index is 3.39. The average Bonchev–Trinajstić information content (AvgIpc) is 2.63. The second-order valence-corrected chi connectivity index (χ2v) is 6.93. The van der Waals surface area contributed by atoms with Crippen molar-refractivity contribution in [1.29, 1.82) is 0 Å². The molecule has 3 nitrogen and oxygen atoms in total. The van der Waals surface area contributed by atoms with E-state index in [-0.39, 0.29) is 6.79 Å². The Morgan fingerprint density at radius 2 is 1.24 bits per heavy atom. The molecule has 0 spiro atoms. The Kier molecular flexibility index (Phi) is 20.5. The summed E-state index contributed by atoms with van der Waals surface area (Å²) in [7, 11) is 0. The fraction of sp³-hybridized carbons (Fsp3) is 0.864. The van der Waals surface area contributed by atoms with E-state index in [1.54, 1.807) is 0 Å². The SMILES string of the molecule is CCCCCCCCC=C(C=O)OCOCCCCCCCCCC. The van der Waals surface area contributed by atoms with Crippen LogP contribution in [0.3, 0.4) is 0 Å². The summed E-state index contributed by atoms with van der Waals surface area (Å²) in [6, 6.07) is 0. The van der Waals surface area contributed by atoms with Crippen molar-refractivity contribution in [2.24, 2.45) is 0 Å². The normalized spacial score (nSPS) is 11.7. The highest BCUT2D eigenvalue weighted by Crippen LogP contribution is 2.09. The fourth-order valence-electron chi connectivity index (χ4n) is 2.82. The van der Waals surface area contributed by atoms with E-state index in [0.29, 0.717) is 5.76 Å². The first-order valence-corrected chi connectivity index (χ1v) is 10.7. The standard InChI is InChI=1S/C22H42O3/c1-3-5-7-9-11-13-15-17-19-24-21-25-22(20-23)18-16-14-12-10-8-6-4-2/h18,20H,3-17,19,21H2,1-2H3. The van der Waals surface area contributed by atoms with Gasteiger partial charge in [0.1, 0.15) is 0 Å². The molecule has 0 fully saturated rings. The summed E-state index contributed by atoms with van der Waals surface area (Å²) >= 11 is 0. The molecule has 0 aliphatic carbocycles. The molecule has 0 rings (SSSR count). The number of allylic oxidation sites excluding steroid dienone is 2. The van der Waals surface area contributed by atoms with Crippen molar-refractivity contribution in [3.05, 3.63) is 11.8 Å². The smallest absolute Gasteiger partial charge is 0.189 e. The second kappa shape index (κ2) is 21.2. The number of hydrogen-bond acceptors (Lipinski definition) is 3. The highest BCUT2D eigenvalue weighted by atomic mass is 16.7. The van der Waals surface area contributed by atoms with Crippen LogP contribution in [0.4, 0.5) is 0 Å². The summed E-state index contributed by atoms with van der Waals surface area (Å²) in [6.07, 6.45) is 21.5. The number of ether oxygens (including phenoxy) is 2. The lowest BCUT2D eigenvalue weighted by atomic mass is 10.1. The van der Waals surface area contributed by atoms with Crippen molar-refractivity contribution >= 4 is 6.29 Å². The van der Waals surface area contributed by atoms with Gasteiger partial charge in [-0.3, -0.25) is 4.79 Å². The predicted octanol–water partition coefficient (Wildman–Crippen LogP) is 6.95. The lowest BCUT2D eigenvalue weighted by Crippen LogP contribution is -2.02. The highest BCUT2D eigenvalue weighted by molar-refractivity contribution is 5.69. The topological polar surface area (TPSA) is 35.5 Å². The van der Waals surface area contributed by atoms with Gasteiger partial charge < -0.3 is 9.47 Å². The van der Waals surface area contributed by atoms with Crippen LogP contribution in [0.2, 0.25) is 0 Å². The quantitative estimate of drug-likeness (QED) is 0.0780. The maximum atomic E-state index is 11.0. The van der Waals surface area contributed by atoms with Gasteiger partial charge in [0.2, 0.25) is 0 Å². The molecule has 25 heavy (non-hydrogen) atoms. The average molecular weight is 355 g/mol. The molecule has 0 atom stereocenters. The van der Waals surface area contributed by atoms with Gasteiger partial charge in [0.25, 0.3) is 0 Å². The molecule has 3 heteroatoms. The zero-order valence-corrected chi connectivity index (χ0v) is 16.9. The molecule has 0 heterocycles. The number of carbonyl (C=O) groups is 1. The maximum Gasteiger partial charge on any atom is 0.189 e. The van der Waals surface area contributed by atoms with Crippen LogP contribution < -0.4 is 0 Å². The van der Waals surface area contributed by atoms with E-state index < -0.39 is 0 Å². The summed E-state index contributed by atoms with van der Waals surface area (Å²) in [4.78, 5) is 11.0. The zero-order chi connectivity index (χ0) is 18.4. The van der Waals surface area contributed by atoms with E-state index in [0.717, 1.165) is 32.2 Å². The van der Waals surface area contributed by atoms with Gasteiger partial charge in [0, 0.05) is 0 Å². The number of hydrogen-bond donors (Lipinski definition) is 0. The van der Waals surface area contributed by atoms with Crippen LogP contribution in [0.15, 0.2) is 11.8 Å². The molecule has 0 radical (unpaired) electrons. The summed E-state index contributed by atoms with van der Waals surface area (Å²) in [6.45, 7) is 5.39. The first-order valence-electron chi connectivity index (χ1n) is 10.7. The van der Waals surface area contributed by atoms with Crippen molar-refractivity contribution < 1.29 is 14.3 Å². The molecule has 0 bridgehead atoms. The third-order valence-corrected chi connectivity index (χ3v) is 4.47. The van der Waals surface area contributed by atoms with Gasteiger partial charge >= 0.3 is 0 Å². The van der Waals surface area contributed by atoms with E-state index in [1.807, 2.05) is 6.08 Å². The molecule has 0 aromatic heterocycles. The molecule has 0 aromatic rings. The summed E-state index contributed by atoms with van der Waals surface area (Å²) in [5, 5.41) is 0. The summed E-state index contributed by atoms with van der Waals surface area (Å²) < 4.78 is 10.8. The first kappa shape index (κ1) is 24.2. The number of aldehydes is 1. The van der Waals surface area contributed by atoms with Gasteiger partial charge in [-0.2, -0.15) is 0 Å². The Morgan fingerprint density at radius 1 is 0.720 bits per heavy atom.